The van der Waals surface area contributed by atoms with Crippen LogP contribution in [0.4, 0.5) is 0 Å². The van der Waals surface area contributed by atoms with Gasteiger partial charge in [0.05, 0.1) is 11.6 Å². The van der Waals surface area contributed by atoms with Crippen LogP contribution in [0.5, 0.6) is 5.75 Å². The Morgan fingerprint density at radius 2 is 1.72 bits per heavy atom. The first kappa shape index (κ1) is 22.6. The van der Waals surface area contributed by atoms with Gasteiger partial charge in [-0.2, -0.15) is 0 Å². The number of unbranched alkanes of at least 4 members (excludes halogenated alkanes) is 3. The third kappa shape index (κ3) is 7.26. The van der Waals surface area contributed by atoms with Crippen LogP contribution in [-0.4, -0.2) is 6.61 Å². The first-order valence-electron chi connectivity index (χ1n) is 11.3. The molecule has 1 nitrogen and oxygen atoms in total. The Kier molecular flexibility index (Phi) is 9.27. The maximum atomic E-state index is 6.62. The van der Waals surface area contributed by atoms with E-state index in [1.165, 1.54) is 61.0 Å². The number of thioether (sulfide) groups is 1. The quantitative estimate of drug-likeness (QED) is 0.275. The Hall–Kier alpha value is -1.12. The third-order valence-corrected chi connectivity index (χ3v) is 7.60. The molecule has 1 saturated carbocycles. The molecule has 0 spiro atoms. The fourth-order valence-corrected chi connectivity index (χ4v) is 5.27. The highest BCUT2D eigenvalue weighted by Gasteiger charge is 2.20. The maximum absolute atomic E-state index is 6.62. The second-order valence-electron chi connectivity index (χ2n) is 8.49. The average molecular weight is 431 g/mol. The molecule has 2 aromatic rings. The number of hydrogen-bond donors (Lipinski definition) is 0. The lowest BCUT2D eigenvalue weighted by atomic mass is 9.79. The van der Waals surface area contributed by atoms with Crippen molar-refractivity contribution >= 4 is 23.4 Å². The Morgan fingerprint density at radius 3 is 2.41 bits per heavy atom. The van der Waals surface area contributed by atoms with Crippen LogP contribution >= 0.6 is 23.4 Å². The van der Waals surface area contributed by atoms with E-state index >= 15 is 0 Å². The predicted octanol–water partition coefficient (Wildman–Crippen LogP) is 8.89. The largest absolute Gasteiger partial charge is 0.494 e. The zero-order chi connectivity index (χ0) is 20.5. The molecule has 29 heavy (non-hydrogen) atoms. The Morgan fingerprint density at radius 1 is 0.966 bits per heavy atom. The third-order valence-electron chi connectivity index (χ3n) is 6.03. The van der Waals surface area contributed by atoms with Gasteiger partial charge in [-0.25, -0.2) is 0 Å². The second-order valence-corrected chi connectivity index (χ2v) is 9.91. The van der Waals surface area contributed by atoms with E-state index in [4.69, 9.17) is 16.3 Å². The average Bonchev–Trinajstić information content (AvgIpc) is 2.74. The number of hydrogen-bond acceptors (Lipinski definition) is 2. The van der Waals surface area contributed by atoms with Gasteiger partial charge in [0.25, 0.3) is 0 Å². The summed E-state index contributed by atoms with van der Waals surface area (Å²) in [4.78, 5) is 1.18. The molecule has 158 valence electrons. The molecule has 0 atom stereocenters. The van der Waals surface area contributed by atoms with E-state index in [1.54, 1.807) is 0 Å². The van der Waals surface area contributed by atoms with Gasteiger partial charge in [-0.1, -0.05) is 75.8 Å². The molecule has 0 unspecified atom stereocenters. The van der Waals surface area contributed by atoms with E-state index < -0.39 is 0 Å². The van der Waals surface area contributed by atoms with Gasteiger partial charge in [-0.15, -0.1) is 11.8 Å². The highest BCUT2D eigenvalue weighted by molar-refractivity contribution is 7.98. The van der Waals surface area contributed by atoms with Crippen molar-refractivity contribution in [3.8, 4) is 5.75 Å². The Labute approximate surface area is 186 Å². The molecule has 0 aliphatic heterocycles. The number of rotatable bonds is 10. The zero-order valence-corrected chi connectivity index (χ0v) is 19.5. The normalized spacial score (nSPS) is 19.3. The Bertz CT molecular complexity index is 735. The lowest BCUT2D eigenvalue weighted by Crippen LogP contribution is -2.10. The predicted molar refractivity (Wildman–Crippen MR) is 127 cm³/mol. The highest BCUT2D eigenvalue weighted by Crippen LogP contribution is 2.38. The molecule has 2 aromatic carbocycles. The standard InChI is InChI=1S/C26H35ClOS/c1-3-4-5-6-17-28-24-14-9-21(10-15-24)19-29-26-16-13-23(18-25(26)27)22-11-7-20(2)8-12-22/h9-10,13-16,18,20,22H,3-8,11-12,17,19H2,1-2H3/t20-,22-. The van der Waals surface area contributed by atoms with E-state index in [2.05, 4.69) is 56.3 Å². The molecular formula is C26H35ClOS. The molecule has 3 heteroatoms. The zero-order valence-electron chi connectivity index (χ0n) is 18.0. The summed E-state index contributed by atoms with van der Waals surface area (Å²) in [5.41, 5.74) is 2.72. The summed E-state index contributed by atoms with van der Waals surface area (Å²) in [5.74, 6) is 3.47. The van der Waals surface area contributed by atoms with Crippen molar-refractivity contribution < 1.29 is 4.74 Å². The van der Waals surface area contributed by atoms with Crippen molar-refractivity contribution in [2.75, 3.05) is 6.61 Å². The van der Waals surface area contributed by atoms with Gasteiger partial charge in [0.1, 0.15) is 5.75 Å². The van der Waals surface area contributed by atoms with Crippen LogP contribution in [0, 0.1) is 5.92 Å². The van der Waals surface area contributed by atoms with Gasteiger partial charge in [0, 0.05) is 10.6 Å². The SMILES string of the molecule is CCCCCCOc1ccc(CSc2ccc([C@H]3CC[C@H](C)CC3)cc2Cl)cc1. The molecule has 0 radical (unpaired) electrons. The fourth-order valence-electron chi connectivity index (χ4n) is 4.04. The molecule has 0 amide bonds. The summed E-state index contributed by atoms with van der Waals surface area (Å²) in [6.07, 6.45) is 10.2. The molecule has 1 fully saturated rings. The highest BCUT2D eigenvalue weighted by atomic mass is 35.5. The molecule has 1 aliphatic carbocycles. The number of halogens is 1. The number of ether oxygens (including phenoxy) is 1. The van der Waals surface area contributed by atoms with Crippen molar-refractivity contribution in [3.63, 3.8) is 0 Å². The fraction of sp³-hybridized carbons (Fsp3) is 0.538. The van der Waals surface area contributed by atoms with Gasteiger partial charge >= 0.3 is 0 Å². The molecule has 0 bridgehead atoms. The number of benzene rings is 2. The summed E-state index contributed by atoms with van der Waals surface area (Å²) in [6.45, 7) is 5.42. The van der Waals surface area contributed by atoms with Crippen LogP contribution in [-0.2, 0) is 5.75 Å². The van der Waals surface area contributed by atoms with Crippen molar-refractivity contribution in [1.29, 1.82) is 0 Å². The van der Waals surface area contributed by atoms with Gasteiger partial charge in [0.2, 0.25) is 0 Å². The van der Waals surface area contributed by atoms with Crippen LogP contribution in [0.15, 0.2) is 47.4 Å². The van der Waals surface area contributed by atoms with Crippen LogP contribution in [0.1, 0.15) is 82.3 Å². The minimum absolute atomic E-state index is 0.692. The molecule has 0 N–H and O–H groups in total. The molecule has 0 heterocycles. The Balaban J connectivity index is 1.47. The minimum Gasteiger partial charge on any atom is -0.494 e. The summed E-state index contributed by atoms with van der Waals surface area (Å²) >= 11 is 8.44. The van der Waals surface area contributed by atoms with E-state index in [-0.39, 0.29) is 0 Å². The van der Waals surface area contributed by atoms with Crippen molar-refractivity contribution in [2.45, 2.75) is 81.8 Å². The summed E-state index contributed by atoms with van der Waals surface area (Å²) < 4.78 is 5.84. The van der Waals surface area contributed by atoms with Crippen LogP contribution < -0.4 is 4.74 Å². The molecular weight excluding hydrogens is 396 g/mol. The summed E-state index contributed by atoms with van der Waals surface area (Å²) in [7, 11) is 0. The van der Waals surface area contributed by atoms with Crippen LogP contribution in [0.25, 0.3) is 0 Å². The molecule has 0 aromatic heterocycles. The van der Waals surface area contributed by atoms with Gasteiger partial charge in [0.15, 0.2) is 0 Å². The summed E-state index contributed by atoms with van der Waals surface area (Å²) in [6, 6.07) is 15.2. The summed E-state index contributed by atoms with van der Waals surface area (Å²) in [5, 5.41) is 0.901. The topological polar surface area (TPSA) is 9.23 Å². The van der Waals surface area contributed by atoms with E-state index in [9.17, 15) is 0 Å². The maximum Gasteiger partial charge on any atom is 0.119 e. The van der Waals surface area contributed by atoms with Crippen molar-refractivity contribution in [2.24, 2.45) is 5.92 Å². The van der Waals surface area contributed by atoms with Crippen LogP contribution in [0.3, 0.4) is 0 Å². The van der Waals surface area contributed by atoms with Gasteiger partial charge < -0.3 is 4.74 Å². The van der Waals surface area contributed by atoms with Crippen LogP contribution in [0.2, 0.25) is 5.02 Å². The van der Waals surface area contributed by atoms with Crippen molar-refractivity contribution in [1.82, 2.24) is 0 Å². The lowest BCUT2D eigenvalue weighted by Gasteiger charge is -2.26. The minimum atomic E-state index is 0.692. The second kappa shape index (κ2) is 11.9. The first-order chi connectivity index (χ1) is 14.2. The van der Waals surface area contributed by atoms with Gasteiger partial charge in [-0.05, 0) is 66.5 Å². The van der Waals surface area contributed by atoms with Gasteiger partial charge in [-0.3, -0.25) is 0 Å². The van der Waals surface area contributed by atoms with E-state index in [0.29, 0.717) is 5.92 Å². The molecule has 1 aliphatic rings. The van der Waals surface area contributed by atoms with E-state index in [0.717, 1.165) is 35.5 Å². The first-order valence-corrected chi connectivity index (χ1v) is 12.7. The monoisotopic (exact) mass is 430 g/mol. The smallest absolute Gasteiger partial charge is 0.119 e. The molecule has 0 saturated heterocycles. The van der Waals surface area contributed by atoms with E-state index in [1.807, 2.05) is 11.8 Å². The van der Waals surface area contributed by atoms with Crippen molar-refractivity contribution in [3.05, 3.63) is 58.6 Å². The lowest BCUT2D eigenvalue weighted by molar-refractivity contribution is 0.305. The molecule has 3 rings (SSSR count).